The van der Waals surface area contributed by atoms with Crippen LogP contribution in [0, 0.1) is 0 Å². The summed E-state index contributed by atoms with van der Waals surface area (Å²) >= 11 is 0. The van der Waals surface area contributed by atoms with E-state index < -0.39 is 5.97 Å². The second-order valence-corrected chi connectivity index (χ2v) is 6.67. The fourth-order valence-electron chi connectivity index (χ4n) is 3.45. The zero-order chi connectivity index (χ0) is 19.5. The van der Waals surface area contributed by atoms with Crippen LogP contribution in [0.5, 0.6) is 0 Å². The van der Waals surface area contributed by atoms with Gasteiger partial charge in [0.15, 0.2) is 5.78 Å². The highest BCUT2D eigenvalue weighted by molar-refractivity contribution is 6.07. The number of pyridine rings is 1. The number of aromatic amines is 1. The van der Waals surface area contributed by atoms with Crippen LogP contribution >= 0.6 is 0 Å². The Morgan fingerprint density at radius 3 is 2.79 bits per heavy atom. The van der Waals surface area contributed by atoms with Crippen molar-refractivity contribution in [3.8, 4) is 11.3 Å². The summed E-state index contributed by atoms with van der Waals surface area (Å²) < 4.78 is 0. The standard InChI is InChI=1S/C21H20N4O3/c26-16-8-4-7-15-19(16)21(24-14-5-2-1-3-6-14)20(25-15)13-9-10-22-17(11-13)23-12-18(27)28/h1-3,5-6,9-11,24-25H,4,7-8,12H2,(H,22,23)(H,27,28). The number of benzene rings is 1. The Morgan fingerprint density at radius 2 is 2.00 bits per heavy atom. The zero-order valence-corrected chi connectivity index (χ0v) is 15.2. The number of ketones is 1. The van der Waals surface area contributed by atoms with Crippen LogP contribution in [0.1, 0.15) is 28.9 Å². The van der Waals surface area contributed by atoms with Crippen LogP contribution in [0.15, 0.2) is 48.7 Å². The summed E-state index contributed by atoms with van der Waals surface area (Å²) in [6.07, 6.45) is 3.81. The molecular formula is C21H20N4O3. The molecule has 0 unspecified atom stereocenters. The summed E-state index contributed by atoms with van der Waals surface area (Å²) in [7, 11) is 0. The number of carboxylic acids is 1. The monoisotopic (exact) mass is 376 g/mol. The molecule has 4 rings (SSSR count). The van der Waals surface area contributed by atoms with E-state index in [4.69, 9.17) is 5.11 Å². The van der Waals surface area contributed by atoms with Gasteiger partial charge in [-0.2, -0.15) is 0 Å². The van der Waals surface area contributed by atoms with Crippen LogP contribution in [-0.2, 0) is 11.2 Å². The van der Waals surface area contributed by atoms with Gasteiger partial charge in [0.1, 0.15) is 12.4 Å². The van der Waals surface area contributed by atoms with Gasteiger partial charge in [0.05, 0.1) is 16.9 Å². The first-order valence-electron chi connectivity index (χ1n) is 9.14. The van der Waals surface area contributed by atoms with E-state index in [2.05, 4.69) is 20.6 Å². The molecule has 142 valence electrons. The smallest absolute Gasteiger partial charge is 0.322 e. The molecule has 0 radical (unpaired) electrons. The Labute approximate surface area is 161 Å². The number of carbonyl (C=O) groups excluding carboxylic acids is 1. The number of anilines is 3. The molecule has 1 aliphatic rings. The largest absolute Gasteiger partial charge is 0.480 e. The lowest BCUT2D eigenvalue weighted by atomic mass is 9.95. The molecule has 4 N–H and O–H groups in total. The molecule has 7 heteroatoms. The van der Waals surface area contributed by atoms with Gasteiger partial charge >= 0.3 is 5.97 Å². The normalized spacial score (nSPS) is 13.1. The number of carbonyl (C=O) groups is 2. The quantitative estimate of drug-likeness (QED) is 0.521. The van der Waals surface area contributed by atoms with Crippen LogP contribution in [-0.4, -0.2) is 33.4 Å². The summed E-state index contributed by atoms with van der Waals surface area (Å²) in [6.45, 7) is -0.217. The Balaban J connectivity index is 1.77. The third kappa shape index (κ3) is 3.59. The van der Waals surface area contributed by atoms with Crippen molar-refractivity contribution in [2.24, 2.45) is 0 Å². The summed E-state index contributed by atoms with van der Waals surface area (Å²) in [5.41, 5.74) is 4.90. The maximum absolute atomic E-state index is 12.6. The van der Waals surface area contributed by atoms with Gasteiger partial charge in [-0.3, -0.25) is 9.59 Å². The van der Waals surface area contributed by atoms with Gasteiger partial charge < -0.3 is 20.7 Å². The number of hydrogen-bond donors (Lipinski definition) is 4. The summed E-state index contributed by atoms with van der Waals surface area (Å²) in [5, 5.41) is 15.0. The van der Waals surface area contributed by atoms with Crippen LogP contribution in [0.25, 0.3) is 11.3 Å². The van der Waals surface area contributed by atoms with Crippen LogP contribution < -0.4 is 10.6 Å². The second-order valence-electron chi connectivity index (χ2n) is 6.67. The van der Waals surface area contributed by atoms with Crippen molar-refractivity contribution in [1.82, 2.24) is 9.97 Å². The average Bonchev–Trinajstić information content (AvgIpc) is 3.07. The number of aromatic nitrogens is 2. The SMILES string of the molecule is O=C(O)CNc1cc(-c2[nH]c3c(c2Nc2ccccc2)C(=O)CCC3)ccn1. The van der Waals surface area contributed by atoms with Crippen LogP contribution in [0.2, 0.25) is 0 Å². The molecule has 0 bridgehead atoms. The predicted molar refractivity (Wildman–Crippen MR) is 107 cm³/mol. The molecule has 1 aromatic carbocycles. The van der Waals surface area contributed by atoms with Gasteiger partial charge in [-0.15, -0.1) is 0 Å². The molecular weight excluding hydrogens is 356 g/mol. The lowest BCUT2D eigenvalue weighted by Gasteiger charge is -2.14. The maximum atomic E-state index is 12.6. The number of rotatable bonds is 6. The van der Waals surface area contributed by atoms with Crippen molar-refractivity contribution in [1.29, 1.82) is 0 Å². The molecule has 1 aliphatic carbocycles. The highest BCUT2D eigenvalue weighted by Gasteiger charge is 2.27. The molecule has 0 aliphatic heterocycles. The predicted octanol–water partition coefficient (Wildman–Crippen LogP) is 3.84. The van der Waals surface area contributed by atoms with Gasteiger partial charge in [-0.1, -0.05) is 18.2 Å². The number of hydrogen-bond acceptors (Lipinski definition) is 5. The molecule has 2 aromatic heterocycles. The van der Waals surface area contributed by atoms with Crippen molar-refractivity contribution in [3.05, 3.63) is 59.9 Å². The first-order chi connectivity index (χ1) is 13.6. The van der Waals surface area contributed by atoms with E-state index in [0.29, 0.717) is 17.8 Å². The minimum atomic E-state index is -0.959. The summed E-state index contributed by atoms with van der Waals surface area (Å²) in [6, 6.07) is 13.3. The van der Waals surface area contributed by atoms with E-state index in [9.17, 15) is 9.59 Å². The van der Waals surface area contributed by atoms with Gasteiger partial charge in [0, 0.05) is 29.6 Å². The zero-order valence-electron chi connectivity index (χ0n) is 15.2. The van der Waals surface area contributed by atoms with Crippen molar-refractivity contribution in [3.63, 3.8) is 0 Å². The van der Waals surface area contributed by atoms with Crippen molar-refractivity contribution >= 4 is 28.9 Å². The molecule has 0 fully saturated rings. The first-order valence-corrected chi connectivity index (χ1v) is 9.14. The molecule has 7 nitrogen and oxygen atoms in total. The second kappa shape index (κ2) is 7.56. The Kier molecular flexibility index (Phi) is 4.80. The van der Waals surface area contributed by atoms with Gasteiger partial charge in [0.2, 0.25) is 0 Å². The van der Waals surface area contributed by atoms with Crippen molar-refractivity contribution < 1.29 is 14.7 Å². The number of nitrogens with zero attached hydrogens (tertiary/aromatic N) is 1. The molecule has 0 saturated carbocycles. The summed E-state index contributed by atoms with van der Waals surface area (Å²) in [4.78, 5) is 31.0. The third-order valence-electron chi connectivity index (χ3n) is 4.70. The summed E-state index contributed by atoms with van der Waals surface area (Å²) in [5.74, 6) is -0.371. The fourth-order valence-corrected chi connectivity index (χ4v) is 3.45. The number of nitrogens with one attached hydrogen (secondary N) is 3. The Bertz CT molecular complexity index is 1030. The van der Waals surface area contributed by atoms with Crippen molar-refractivity contribution in [2.45, 2.75) is 19.3 Å². The molecule has 0 amide bonds. The molecule has 0 saturated heterocycles. The highest BCUT2D eigenvalue weighted by Crippen LogP contribution is 2.39. The topological polar surface area (TPSA) is 107 Å². The number of Topliss-reactive ketones (excluding diaryl/α,β-unsaturated/α-hetero) is 1. The molecule has 28 heavy (non-hydrogen) atoms. The minimum Gasteiger partial charge on any atom is -0.480 e. The van der Waals surface area contributed by atoms with Crippen molar-refractivity contribution in [2.75, 3.05) is 17.2 Å². The van der Waals surface area contributed by atoms with Crippen LogP contribution in [0.4, 0.5) is 17.2 Å². The van der Waals surface area contributed by atoms with Gasteiger partial charge in [0.25, 0.3) is 0 Å². The molecule has 3 aromatic rings. The van der Waals surface area contributed by atoms with E-state index in [-0.39, 0.29) is 12.3 Å². The maximum Gasteiger partial charge on any atom is 0.322 e. The Morgan fingerprint density at radius 1 is 1.18 bits per heavy atom. The Hall–Kier alpha value is -3.61. The lowest BCUT2D eigenvalue weighted by Crippen LogP contribution is -2.13. The number of aryl methyl sites for hydroxylation is 1. The number of fused-ring (bicyclic) bond motifs is 1. The lowest BCUT2D eigenvalue weighted by molar-refractivity contribution is -0.134. The molecule has 2 heterocycles. The number of H-pyrrole nitrogens is 1. The minimum absolute atomic E-state index is 0.125. The van der Waals surface area contributed by atoms with Crippen LogP contribution in [0.3, 0.4) is 0 Å². The van der Waals surface area contributed by atoms with E-state index in [1.165, 1.54) is 0 Å². The third-order valence-corrected chi connectivity index (χ3v) is 4.70. The first kappa shape index (κ1) is 17.8. The average molecular weight is 376 g/mol. The van der Waals surface area contributed by atoms with E-state index in [1.807, 2.05) is 36.4 Å². The number of carboxylic acid groups (broad SMARTS) is 1. The molecule has 0 spiro atoms. The van der Waals surface area contributed by atoms with Gasteiger partial charge in [-0.25, -0.2) is 4.98 Å². The number of para-hydroxylation sites is 1. The molecule has 0 atom stereocenters. The fraction of sp³-hybridized carbons (Fsp3) is 0.190. The number of aliphatic carboxylic acids is 1. The van der Waals surface area contributed by atoms with Gasteiger partial charge in [-0.05, 0) is 37.1 Å². The van der Waals surface area contributed by atoms with E-state index in [0.717, 1.165) is 41.2 Å². The van der Waals surface area contributed by atoms with E-state index >= 15 is 0 Å². The van der Waals surface area contributed by atoms with E-state index in [1.54, 1.807) is 12.3 Å². The highest BCUT2D eigenvalue weighted by atomic mass is 16.4.